The highest BCUT2D eigenvalue weighted by molar-refractivity contribution is 4.85. The molecule has 0 aliphatic carbocycles. The molecule has 0 bridgehead atoms. The molecule has 0 aromatic carbocycles. The Hall–Kier alpha value is -1.46. The molecule has 0 saturated carbocycles. The first-order valence-electron chi connectivity index (χ1n) is 6.65. The molecule has 2 atom stereocenters. The summed E-state index contributed by atoms with van der Waals surface area (Å²) < 4.78 is 12.0. The van der Waals surface area contributed by atoms with Gasteiger partial charge < -0.3 is 9.47 Å². The number of nitrogens with zero attached hydrogens (tertiary/aromatic N) is 6. The Morgan fingerprint density at radius 1 is 0.947 bits per heavy atom. The van der Waals surface area contributed by atoms with Crippen molar-refractivity contribution in [1.82, 2.24) is 0 Å². The van der Waals surface area contributed by atoms with Crippen molar-refractivity contribution in [3.63, 3.8) is 0 Å². The van der Waals surface area contributed by atoms with E-state index in [1.807, 2.05) is 0 Å². The van der Waals surface area contributed by atoms with Crippen LogP contribution in [0.25, 0.3) is 20.9 Å². The van der Waals surface area contributed by atoms with Crippen molar-refractivity contribution in [1.29, 1.82) is 0 Å². The van der Waals surface area contributed by atoms with Crippen molar-refractivity contribution < 1.29 is 9.47 Å². The van der Waals surface area contributed by atoms with Crippen molar-refractivity contribution in [2.75, 3.05) is 13.1 Å². The lowest BCUT2D eigenvalue weighted by Gasteiger charge is -2.45. The maximum Gasteiger partial charge on any atom is 0.169 e. The van der Waals surface area contributed by atoms with Crippen LogP contribution in [0.3, 0.4) is 0 Å². The molecule has 2 heterocycles. The van der Waals surface area contributed by atoms with Crippen LogP contribution in [0.1, 0.15) is 38.5 Å². The minimum absolute atomic E-state index is 0.0668. The predicted molar refractivity (Wildman–Crippen MR) is 68.2 cm³/mol. The number of ether oxygens (including phenoxy) is 2. The highest BCUT2D eigenvalue weighted by Crippen LogP contribution is 2.39. The van der Waals surface area contributed by atoms with Gasteiger partial charge >= 0.3 is 0 Å². The number of azide groups is 2. The van der Waals surface area contributed by atoms with E-state index in [1.165, 1.54) is 0 Å². The molecule has 0 N–H and O–H groups in total. The van der Waals surface area contributed by atoms with E-state index >= 15 is 0 Å². The van der Waals surface area contributed by atoms with E-state index < -0.39 is 5.79 Å². The van der Waals surface area contributed by atoms with Crippen LogP contribution in [0, 0.1) is 0 Å². The van der Waals surface area contributed by atoms with Crippen LogP contribution in [-0.4, -0.2) is 31.1 Å². The SMILES string of the molecule is [N-]=[N+]=NC[C@@H]1CCCC2(CCC[C@@H](CN=[N+]=[N-])O2)O1. The standard InChI is InChI=1S/C11H18N6O2/c12-16-14-7-9-3-1-5-11(18-9)6-2-4-10(19-11)8-15-17-13/h9-10H,1-8H2/t9-,10-,11?/m0/s1. The quantitative estimate of drug-likeness (QED) is 0.440. The molecule has 2 aliphatic rings. The molecule has 8 heteroatoms. The van der Waals surface area contributed by atoms with E-state index in [9.17, 15) is 0 Å². The Morgan fingerprint density at radius 3 is 1.84 bits per heavy atom. The van der Waals surface area contributed by atoms with Gasteiger partial charge in [-0.1, -0.05) is 10.2 Å². The van der Waals surface area contributed by atoms with Crippen LogP contribution in [0.2, 0.25) is 0 Å². The molecule has 0 aromatic rings. The molecule has 8 nitrogen and oxygen atoms in total. The summed E-state index contributed by atoms with van der Waals surface area (Å²) in [5, 5.41) is 7.15. The fraction of sp³-hybridized carbons (Fsp3) is 1.00. The second kappa shape index (κ2) is 6.63. The predicted octanol–water partition coefficient (Wildman–Crippen LogP) is 3.44. The number of rotatable bonds is 4. The molecular formula is C11H18N6O2. The summed E-state index contributed by atoms with van der Waals surface area (Å²) >= 11 is 0. The van der Waals surface area contributed by atoms with Gasteiger partial charge in [-0.3, -0.25) is 0 Å². The van der Waals surface area contributed by atoms with Crippen molar-refractivity contribution in [3.05, 3.63) is 20.9 Å². The molecule has 2 rings (SSSR count). The van der Waals surface area contributed by atoms with E-state index in [-0.39, 0.29) is 12.2 Å². The Bertz CT molecular complexity index is 364. The van der Waals surface area contributed by atoms with Gasteiger partial charge in [0.2, 0.25) is 0 Å². The van der Waals surface area contributed by atoms with Gasteiger partial charge in [-0.05, 0) is 36.7 Å². The lowest BCUT2D eigenvalue weighted by atomic mass is 9.93. The minimum atomic E-state index is -0.568. The van der Waals surface area contributed by atoms with Crippen LogP contribution in [0.4, 0.5) is 0 Å². The monoisotopic (exact) mass is 266 g/mol. The van der Waals surface area contributed by atoms with Crippen molar-refractivity contribution in [3.8, 4) is 0 Å². The number of hydrogen-bond acceptors (Lipinski definition) is 4. The summed E-state index contributed by atoms with van der Waals surface area (Å²) in [5.74, 6) is -0.568. The summed E-state index contributed by atoms with van der Waals surface area (Å²) in [6.07, 6.45) is 5.36. The fourth-order valence-corrected chi connectivity index (χ4v) is 2.82. The van der Waals surface area contributed by atoms with Gasteiger partial charge in [0.15, 0.2) is 5.79 Å². The Labute approximate surface area is 111 Å². The first-order chi connectivity index (χ1) is 9.28. The molecule has 0 amide bonds. The Balaban J connectivity index is 1.96. The van der Waals surface area contributed by atoms with Gasteiger partial charge in [0, 0.05) is 22.7 Å². The Morgan fingerprint density at radius 2 is 1.42 bits per heavy atom. The highest BCUT2D eigenvalue weighted by atomic mass is 16.7. The van der Waals surface area contributed by atoms with Crippen LogP contribution in [0.15, 0.2) is 10.2 Å². The van der Waals surface area contributed by atoms with Crippen LogP contribution < -0.4 is 0 Å². The minimum Gasteiger partial charge on any atom is -0.347 e. The third-order valence-corrected chi connectivity index (χ3v) is 3.63. The van der Waals surface area contributed by atoms with Gasteiger partial charge in [0.1, 0.15) is 0 Å². The van der Waals surface area contributed by atoms with Gasteiger partial charge in [-0.2, -0.15) is 0 Å². The summed E-state index contributed by atoms with van der Waals surface area (Å²) in [6.45, 7) is 0.700. The maximum atomic E-state index is 8.36. The number of hydrogen-bond donors (Lipinski definition) is 0. The van der Waals surface area contributed by atoms with Crippen LogP contribution in [0.5, 0.6) is 0 Å². The van der Waals surface area contributed by atoms with E-state index in [0.29, 0.717) is 13.1 Å². The largest absolute Gasteiger partial charge is 0.347 e. The zero-order valence-corrected chi connectivity index (χ0v) is 10.8. The summed E-state index contributed by atoms with van der Waals surface area (Å²) in [6, 6.07) is 0. The molecule has 0 radical (unpaired) electrons. The summed E-state index contributed by atoms with van der Waals surface area (Å²) in [7, 11) is 0. The van der Waals surface area contributed by atoms with Crippen LogP contribution >= 0.6 is 0 Å². The fourth-order valence-electron chi connectivity index (χ4n) is 2.82. The average Bonchev–Trinajstić information content (AvgIpc) is 2.43. The first-order valence-corrected chi connectivity index (χ1v) is 6.65. The maximum absolute atomic E-state index is 8.36. The molecule has 0 unspecified atom stereocenters. The van der Waals surface area contributed by atoms with Gasteiger partial charge in [0.25, 0.3) is 0 Å². The molecular weight excluding hydrogens is 248 g/mol. The van der Waals surface area contributed by atoms with E-state index in [1.54, 1.807) is 0 Å². The van der Waals surface area contributed by atoms with Gasteiger partial charge in [-0.25, -0.2) is 0 Å². The molecule has 19 heavy (non-hydrogen) atoms. The smallest absolute Gasteiger partial charge is 0.169 e. The zero-order valence-electron chi connectivity index (χ0n) is 10.8. The van der Waals surface area contributed by atoms with Crippen LogP contribution in [-0.2, 0) is 9.47 Å². The lowest BCUT2D eigenvalue weighted by molar-refractivity contribution is -0.311. The van der Waals surface area contributed by atoms with Gasteiger partial charge in [0.05, 0.1) is 25.3 Å². The third kappa shape index (κ3) is 3.75. The first kappa shape index (κ1) is 14.0. The normalized spacial score (nSPS) is 34.3. The second-order valence-electron chi connectivity index (χ2n) is 5.00. The van der Waals surface area contributed by atoms with E-state index in [2.05, 4.69) is 20.1 Å². The molecule has 0 aromatic heterocycles. The van der Waals surface area contributed by atoms with Crippen molar-refractivity contribution >= 4 is 0 Å². The summed E-state index contributed by atoms with van der Waals surface area (Å²) in [4.78, 5) is 5.54. The zero-order chi connectivity index (χ0) is 13.6. The third-order valence-electron chi connectivity index (χ3n) is 3.63. The van der Waals surface area contributed by atoms with E-state index in [0.717, 1.165) is 38.5 Å². The summed E-state index contributed by atoms with van der Waals surface area (Å²) in [5.41, 5.74) is 16.7. The lowest BCUT2D eigenvalue weighted by Crippen LogP contribution is -2.49. The molecule has 1 spiro atoms. The van der Waals surface area contributed by atoms with E-state index in [4.69, 9.17) is 20.5 Å². The van der Waals surface area contributed by atoms with Gasteiger partial charge in [-0.15, -0.1) is 0 Å². The molecule has 2 saturated heterocycles. The molecule has 104 valence electrons. The van der Waals surface area contributed by atoms with Crippen molar-refractivity contribution in [2.24, 2.45) is 10.2 Å². The van der Waals surface area contributed by atoms with Crippen molar-refractivity contribution in [2.45, 2.75) is 56.5 Å². The molecule has 2 aliphatic heterocycles. The Kier molecular flexibility index (Phi) is 4.87. The molecule has 2 fully saturated rings. The second-order valence-corrected chi connectivity index (χ2v) is 5.00. The topological polar surface area (TPSA) is 116 Å². The average molecular weight is 266 g/mol. The highest BCUT2D eigenvalue weighted by Gasteiger charge is 2.42.